The first-order valence-electron chi connectivity index (χ1n) is 12.3. The van der Waals surface area contributed by atoms with Crippen LogP contribution in [0.15, 0.2) is 54.1 Å². The highest BCUT2D eigenvalue weighted by Crippen LogP contribution is 2.37. The Morgan fingerprint density at radius 1 is 1.08 bits per heavy atom. The Morgan fingerprint density at radius 3 is 2.42 bits per heavy atom. The predicted octanol–water partition coefficient (Wildman–Crippen LogP) is 3.40. The summed E-state index contributed by atoms with van der Waals surface area (Å²) in [7, 11) is -2.48. The van der Waals surface area contributed by atoms with Crippen molar-refractivity contribution < 1.29 is 22.7 Å². The number of nitrogens with zero attached hydrogens (tertiary/aromatic N) is 2. The van der Waals surface area contributed by atoms with Crippen LogP contribution in [0.2, 0.25) is 0 Å². The van der Waals surface area contributed by atoms with Crippen LogP contribution in [0.3, 0.4) is 0 Å². The average molecular weight is 512 g/mol. The minimum atomic E-state index is -4.01. The van der Waals surface area contributed by atoms with Gasteiger partial charge in [0, 0.05) is 30.3 Å². The molecule has 2 aliphatic heterocycles. The number of benzene rings is 2. The molecule has 0 aromatic heterocycles. The first-order valence-corrected chi connectivity index (χ1v) is 13.7. The highest BCUT2D eigenvalue weighted by Gasteiger charge is 2.42. The van der Waals surface area contributed by atoms with Crippen LogP contribution in [-0.4, -0.2) is 62.2 Å². The molecule has 2 aliphatic rings. The van der Waals surface area contributed by atoms with Gasteiger partial charge in [-0.2, -0.15) is 0 Å². The van der Waals surface area contributed by atoms with Crippen LogP contribution in [0.25, 0.3) is 4.91 Å². The summed E-state index contributed by atoms with van der Waals surface area (Å²) in [5, 5.41) is 2.96. The van der Waals surface area contributed by atoms with Crippen molar-refractivity contribution in [2.45, 2.75) is 45.7 Å². The molecule has 1 fully saturated rings. The molecular weight excluding hydrogens is 478 g/mol. The smallest absolute Gasteiger partial charge is 0.268 e. The van der Waals surface area contributed by atoms with Gasteiger partial charge < -0.3 is 10.1 Å². The maximum atomic E-state index is 13.3. The average Bonchev–Trinajstić information content (AvgIpc) is 3.04. The minimum absolute atomic E-state index is 0.00850. The molecule has 0 spiro atoms. The van der Waals surface area contributed by atoms with Crippen LogP contribution in [0, 0.1) is 0 Å². The summed E-state index contributed by atoms with van der Waals surface area (Å²) in [6.45, 7) is 6.11. The Morgan fingerprint density at radius 2 is 1.78 bits per heavy atom. The molecule has 0 bridgehead atoms. The van der Waals surface area contributed by atoms with Crippen molar-refractivity contribution in [3.05, 3.63) is 70.8 Å². The number of rotatable bonds is 8. The topological polar surface area (TPSA) is 96.0 Å². The summed E-state index contributed by atoms with van der Waals surface area (Å²) in [6, 6.07) is 13.8. The van der Waals surface area contributed by atoms with Gasteiger partial charge in [0.1, 0.15) is 10.7 Å². The Balaban J connectivity index is 1.39. The Bertz CT molecular complexity index is 1250. The van der Waals surface area contributed by atoms with Crippen molar-refractivity contribution >= 4 is 26.7 Å². The second-order valence-corrected chi connectivity index (χ2v) is 11.1. The molecule has 192 valence electrons. The number of likely N-dealkylation sites (tertiary alicyclic amines) is 1. The van der Waals surface area contributed by atoms with Gasteiger partial charge in [0.15, 0.2) is 0 Å². The first kappa shape index (κ1) is 25.9. The molecule has 2 aromatic carbocycles. The summed E-state index contributed by atoms with van der Waals surface area (Å²) < 4.78 is 32.6. The van der Waals surface area contributed by atoms with E-state index in [2.05, 4.69) is 17.1 Å². The molecule has 2 amide bonds. The molecule has 0 saturated carbocycles. The van der Waals surface area contributed by atoms with Gasteiger partial charge in [-0.1, -0.05) is 18.6 Å². The largest absolute Gasteiger partial charge is 0.497 e. The molecule has 4 rings (SSSR count). The summed E-state index contributed by atoms with van der Waals surface area (Å²) in [5.41, 5.74) is 1.73. The molecular formula is C27H33N3O5S. The third-order valence-corrected chi connectivity index (χ3v) is 8.89. The standard InChI is InChI=1S/C27H33N3O5S/c1-19-6-4-5-16-29(19)17-15-28-26(31)23-9-7-21(8-10-23)18-30-27(32)20(2)25(36(30,33)34)22-11-13-24(35-3)14-12-22/h7-14,19H,4-6,15-18H2,1-3H3,(H,28,31). The van der Waals surface area contributed by atoms with E-state index < -0.39 is 15.9 Å². The summed E-state index contributed by atoms with van der Waals surface area (Å²) >= 11 is 0. The molecule has 1 saturated heterocycles. The lowest BCUT2D eigenvalue weighted by atomic mass is 10.0. The van der Waals surface area contributed by atoms with Gasteiger partial charge in [0.2, 0.25) is 0 Å². The van der Waals surface area contributed by atoms with Gasteiger partial charge >= 0.3 is 0 Å². The molecule has 9 heteroatoms. The number of sulfonamides is 1. The number of nitrogens with one attached hydrogen (secondary N) is 1. The van der Waals surface area contributed by atoms with Gasteiger partial charge in [-0.25, -0.2) is 12.7 Å². The molecule has 1 atom stereocenters. The van der Waals surface area contributed by atoms with Gasteiger partial charge in [0.25, 0.3) is 21.8 Å². The Hall–Kier alpha value is -3.17. The number of carbonyl (C=O) groups is 2. The molecule has 0 radical (unpaired) electrons. The van der Waals surface area contributed by atoms with Gasteiger partial charge in [-0.15, -0.1) is 0 Å². The quantitative estimate of drug-likeness (QED) is 0.584. The number of amides is 2. The highest BCUT2D eigenvalue weighted by molar-refractivity contribution is 7.99. The zero-order valence-electron chi connectivity index (χ0n) is 21.0. The number of carbonyl (C=O) groups excluding carboxylic acids is 2. The molecule has 0 aliphatic carbocycles. The van der Waals surface area contributed by atoms with Crippen molar-refractivity contribution in [2.75, 3.05) is 26.7 Å². The molecule has 2 heterocycles. The fourth-order valence-electron chi connectivity index (χ4n) is 4.79. The van der Waals surface area contributed by atoms with Crippen LogP contribution < -0.4 is 10.1 Å². The fraction of sp³-hybridized carbons (Fsp3) is 0.407. The third-order valence-electron chi connectivity index (χ3n) is 6.96. The van der Waals surface area contributed by atoms with E-state index in [9.17, 15) is 18.0 Å². The number of ether oxygens (including phenoxy) is 1. The summed E-state index contributed by atoms with van der Waals surface area (Å²) in [5.74, 6) is -0.120. The van der Waals surface area contributed by atoms with Crippen molar-refractivity contribution in [3.8, 4) is 5.75 Å². The highest BCUT2D eigenvalue weighted by atomic mass is 32.2. The van der Waals surface area contributed by atoms with Gasteiger partial charge in [-0.05, 0) is 80.8 Å². The third kappa shape index (κ3) is 5.32. The van der Waals surface area contributed by atoms with Gasteiger partial charge in [-0.3, -0.25) is 14.5 Å². The van der Waals surface area contributed by atoms with E-state index in [0.717, 1.165) is 17.4 Å². The second-order valence-electron chi connectivity index (χ2n) is 9.33. The van der Waals surface area contributed by atoms with E-state index in [4.69, 9.17) is 4.74 Å². The zero-order valence-corrected chi connectivity index (χ0v) is 21.8. The van der Waals surface area contributed by atoms with Crippen LogP contribution in [0.5, 0.6) is 5.75 Å². The fourth-order valence-corrected chi connectivity index (χ4v) is 6.60. The number of piperidine rings is 1. The van der Waals surface area contributed by atoms with E-state index in [1.807, 2.05) is 0 Å². The normalized spacial score (nSPS) is 20.0. The lowest BCUT2D eigenvalue weighted by Gasteiger charge is -2.33. The molecule has 1 unspecified atom stereocenters. The van der Waals surface area contributed by atoms with E-state index in [-0.39, 0.29) is 22.9 Å². The van der Waals surface area contributed by atoms with Gasteiger partial charge in [0.05, 0.1) is 13.7 Å². The van der Waals surface area contributed by atoms with Crippen molar-refractivity contribution in [1.29, 1.82) is 0 Å². The SMILES string of the molecule is COc1ccc(C2=C(C)C(=O)N(Cc3ccc(C(=O)NCCN4CCCCC4C)cc3)S2(=O)=O)cc1. The lowest BCUT2D eigenvalue weighted by molar-refractivity contribution is -0.122. The Kier molecular flexibility index (Phi) is 7.80. The number of hydrogen-bond donors (Lipinski definition) is 1. The number of hydrogen-bond acceptors (Lipinski definition) is 6. The summed E-state index contributed by atoms with van der Waals surface area (Å²) in [6.07, 6.45) is 3.66. The van der Waals surface area contributed by atoms with E-state index in [1.54, 1.807) is 48.5 Å². The van der Waals surface area contributed by atoms with E-state index in [0.29, 0.717) is 35.0 Å². The minimum Gasteiger partial charge on any atom is -0.497 e. The zero-order chi connectivity index (χ0) is 25.9. The second kappa shape index (κ2) is 10.8. The Labute approximate surface area is 213 Å². The van der Waals surface area contributed by atoms with Crippen LogP contribution in [0.1, 0.15) is 54.6 Å². The van der Waals surface area contributed by atoms with E-state index >= 15 is 0 Å². The summed E-state index contributed by atoms with van der Waals surface area (Å²) in [4.78, 5) is 27.8. The molecule has 2 aromatic rings. The molecule has 8 nitrogen and oxygen atoms in total. The monoisotopic (exact) mass is 511 g/mol. The van der Waals surface area contributed by atoms with Crippen LogP contribution in [0.4, 0.5) is 0 Å². The van der Waals surface area contributed by atoms with E-state index in [1.165, 1.54) is 33.3 Å². The maximum absolute atomic E-state index is 13.3. The molecule has 36 heavy (non-hydrogen) atoms. The van der Waals surface area contributed by atoms with Crippen molar-refractivity contribution in [2.24, 2.45) is 0 Å². The van der Waals surface area contributed by atoms with Crippen molar-refractivity contribution in [3.63, 3.8) is 0 Å². The maximum Gasteiger partial charge on any atom is 0.268 e. The van der Waals surface area contributed by atoms with Crippen LogP contribution in [-0.2, 0) is 21.4 Å². The lowest BCUT2D eigenvalue weighted by Crippen LogP contribution is -2.42. The van der Waals surface area contributed by atoms with Crippen molar-refractivity contribution in [1.82, 2.24) is 14.5 Å². The predicted molar refractivity (Wildman–Crippen MR) is 139 cm³/mol. The van der Waals surface area contributed by atoms with Crippen LogP contribution >= 0.6 is 0 Å². The first-order chi connectivity index (χ1) is 17.2. The molecule has 1 N–H and O–H groups in total. The number of methoxy groups -OCH3 is 1.